The number of nitrogens with two attached hydrogens (primary N) is 1. The molecule has 0 atom stereocenters. The maximum Gasteiger partial charge on any atom is 0.257 e. The number of amides is 1. The number of ether oxygens (including phenoxy) is 1. The molecule has 0 saturated carbocycles. The van der Waals surface area contributed by atoms with E-state index in [0.29, 0.717) is 24.4 Å². The lowest BCUT2D eigenvalue weighted by Gasteiger charge is -2.22. The summed E-state index contributed by atoms with van der Waals surface area (Å²) in [6, 6.07) is 7.31. The van der Waals surface area contributed by atoms with E-state index in [1.807, 2.05) is 17.0 Å². The molecule has 1 aromatic rings. The van der Waals surface area contributed by atoms with Crippen molar-refractivity contribution < 1.29 is 9.53 Å². The van der Waals surface area contributed by atoms with Gasteiger partial charge in [-0.3, -0.25) is 4.79 Å². The van der Waals surface area contributed by atoms with E-state index in [-0.39, 0.29) is 5.91 Å². The molecule has 18 heavy (non-hydrogen) atoms. The second-order valence-corrected chi connectivity index (χ2v) is 4.13. The quantitative estimate of drug-likeness (QED) is 0.804. The number of hydrogen-bond acceptors (Lipinski definition) is 3. The highest BCUT2D eigenvalue weighted by Gasteiger charge is 2.17. The molecule has 0 radical (unpaired) electrons. The topological polar surface area (TPSA) is 55.6 Å². The van der Waals surface area contributed by atoms with Crippen molar-refractivity contribution in [1.29, 1.82) is 0 Å². The van der Waals surface area contributed by atoms with Crippen LogP contribution in [0.15, 0.2) is 24.3 Å². The first-order valence-electron chi connectivity index (χ1n) is 6.37. The minimum atomic E-state index is 0.0164. The highest BCUT2D eigenvalue weighted by Crippen LogP contribution is 2.19. The first kappa shape index (κ1) is 14.5. The third-order valence-electron chi connectivity index (χ3n) is 2.75. The highest BCUT2D eigenvalue weighted by molar-refractivity contribution is 5.96. The Hall–Kier alpha value is -1.55. The number of benzene rings is 1. The fourth-order valence-corrected chi connectivity index (χ4v) is 1.86. The number of hydrogen-bond donors (Lipinski definition) is 1. The molecule has 1 amide bonds. The Kier molecular flexibility index (Phi) is 6.22. The van der Waals surface area contributed by atoms with Gasteiger partial charge in [-0.05, 0) is 31.5 Å². The first-order chi connectivity index (χ1) is 8.74. The minimum Gasteiger partial charge on any atom is -0.496 e. The number of rotatable bonds is 7. The molecule has 0 bridgehead atoms. The number of para-hydroxylation sites is 1. The van der Waals surface area contributed by atoms with Crippen molar-refractivity contribution in [1.82, 2.24) is 4.90 Å². The fraction of sp³-hybridized carbons (Fsp3) is 0.500. The van der Waals surface area contributed by atoms with E-state index in [0.717, 1.165) is 19.4 Å². The molecule has 0 saturated heterocycles. The molecule has 0 fully saturated rings. The van der Waals surface area contributed by atoms with E-state index in [2.05, 4.69) is 6.92 Å². The molecule has 0 aliphatic carbocycles. The van der Waals surface area contributed by atoms with Crippen molar-refractivity contribution in [2.24, 2.45) is 5.73 Å². The van der Waals surface area contributed by atoms with E-state index < -0.39 is 0 Å². The molecule has 4 nitrogen and oxygen atoms in total. The molecule has 2 N–H and O–H groups in total. The summed E-state index contributed by atoms with van der Waals surface area (Å²) in [5.74, 6) is 0.638. The van der Waals surface area contributed by atoms with Crippen molar-refractivity contribution in [2.75, 3.05) is 26.7 Å². The summed E-state index contributed by atoms with van der Waals surface area (Å²) in [6.07, 6.45) is 1.76. The van der Waals surface area contributed by atoms with Crippen LogP contribution in [0.4, 0.5) is 0 Å². The van der Waals surface area contributed by atoms with Gasteiger partial charge in [-0.25, -0.2) is 0 Å². The molecule has 1 aromatic carbocycles. The summed E-state index contributed by atoms with van der Waals surface area (Å²) >= 11 is 0. The summed E-state index contributed by atoms with van der Waals surface area (Å²) in [4.78, 5) is 14.3. The van der Waals surface area contributed by atoms with Gasteiger partial charge in [0.05, 0.1) is 12.7 Å². The zero-order valence-electron chi connectivity index (χ0n) is 11.2. The summed E-state index contributed by atoms with van der Waals surface area (Å²) in [6.45, 7) is 4.10. The lowest BCUT2D eigenvalue weighted by atomic mass is 10.1. The smallest absolute Gasteiger partial charge is 0.257 e. The van der Waals surface area contributed by atoms with Gasteiger partial charge in [0, 0.05) is 13.1 Å². The third-order valence-corrected chi connectivity index (χ3v) is 2.75. The van der Waals surface area contributed by atoms with Gasteiger partial charge in [-0.1, -0.05) is 19.1 Å². The lowest BCUT2D eigenvalue weighted by molar-refractivity contribution is 0.0751. The molecule has 0 aliphatic rings. The van der Waals surface area contributed by atoms with Crippen LogP contribution >= 0.6 is 0 Å². The van der Waals surface area contributed by atoms with Crippen LogP contribution in [0.5, 0.6) is 5.75 Å². The predicted octanol–water partition coefficient (Wildman–Crippen LogP) is 1.90. The summed E-state index contributed by atoms with van der Waals surface area (Å²) in [5, 5.41) is 0. The van der Waals surface area contributed by atoms with Crippen molar-refractivity contribution in [3.05, 3.63) is 29.8 Å². The van der Waals surface area contributed by atoms with Gasteiger partial charge in [0.15, 0.2) is 0 Å². The maximum absolute atomic E-state index is 12.4. The van der Waals surface area contributed by atoms with E-state index in [9.17, 15) is 4.79 Å². The molecule has 0 aliphatic heterocycles. The SMILES string of the molecule is CCCN(CCCN)C(=O)c1ccccc1OC. The molecule has 0 unspecified atom stereocenters. The van der Waals surface area contributed by atoms with E-state index in [1.165, 1.54) is 0 Å². The van der Waals surface area contributed by atoms with Crippen LogP contribution < -0.4 is 10.5 Å². The van der Waals surface area contributed by atoms with E-state index in [4.69, 9.17) is 10.5 Å². The second-order valence-electron chi connectivity index (χ2n) is 4.13. The van der Waals surface area contributed by atoms with Crippen molar-refractivity contribution in [3.63, 3.8) is 0 Å². The van der Waals surface area contributed by atoms with Crippen molar-refractivity contribution in [3.8, 4) is 5.75 Å². The Balaban J connectivity index is 2.86. The van der Waals surface area contributed by atoms with Gasteiger partial charge in [0.1, 0.15) is 5.75 Å². The summed E-state index contributed by atoms with van der Waals surface area (Å²) in [5.41, 5.74) is 6.12. The molecule has 1 rings (SSSR count). The third kappa shape index (κ3) is 3.74. The van der Waals surface area contributed by atoms with Crippen LogP contribution in [0.25, 0.3) is 0 Å². The number of carbonyl (C=O) groups is 1. The normalized spacial score (nSPS) is 10.2. The zero-order valence-corrected chi connectivity index (χ0v) is 11.2. The minimum absolute atomic E-state index is 0.0164. The average molecular weight is 250 g/mol. The largest absolute Gasteiger partial charge is 0.496 e. The summed E-state index contributed by atoms with van der Waals surface area (Å²) < 4.78 is 5.23. The number of carbonyl (C=O) groups excluding carboxylic acids is 1. The Morgan fingerprint density at radius 2 is 2.06 bits per heavy atom. The lowest BCUT2D eigenvalue weighted by Crippen LogP contribution is -2.33. The Labute approximate surface area is 109 Å². The fourth-order valence-electron chi connectivity index (χ4n) is 1.86. The van der Waals surface area contributed by atoms with Crippen LogP contribution in [0.2, 0.25) is 0 Å². The van der Waals surface area contributed by atoms with Gasteiger partial charge in [-0.2, -0.15) is 0 Å². The number of methoxy groups -OCH3 is 1. The van der Waals surface area contributed by atoms with E-state index >= 15 is 0 Å². The molecule has 0 spiro atoms. The van der Waals surface area contributed by atoms with Crippen molar-refractivity contribution >= 4 is 5.91 Å². The number of nitrogens with zero attached hydrogens (tertiary/aromatic N) is 1. The van der Waals surface area contributed by atoms with Crippen LogP contribution in [0, 0.1) is 0 Å². The van der Waals surface area contributed by atoms with Crippen LogP contribution in [0.1, 0.15) is 30.1 Å². The zero-order chi connectivity index (χ0) is 13.4. The second kappa shape index (κ2) is 7.71. The molecule has 100 valence electrons. The van der Waals surface area contributed by atoms with Gasteiger partial charge >= 0.3 is 0 Å². The summed E-state index contributed by atoms with van der Waals surface area (Å²) in [7, 11) is 1.58. The maximum atomic E-state index is 12.4. The Bertz CT molecular complexity index is 380. The van der Waals surface area contributed by atoms with Gasteiger partial charge in [0.2, 0.25) is 0 Å². The highest BCUT2D eigenvalue weighted by atomic mass is 16.5. The standard InChI is InChI=1S/C14H22N2O2/c1-3-10-16(11-6-9-15)14(17)12-7-4-5-8-13(12)18-2/h4-5,7-8H,3,6,9-11,15H2,1-2H3. The van der Waals surface area contributed by atoms with Crippen molar-refractivity contribution in [2.45, 2.75) is 19.8 Å². The molecule has 4 heteroatoms. The van der Waals surface area contributed by atoms with Crippen LogP contribution in [0.3, 0.4) is 0 Å². The van der Waals surface area contributed by atoms with Crippen LogP contribution in [-0.2, 0) is 0 Å². The van der Waals surface area contributed by atoms with Gasteiger partial charge in [0.25, 0.3) is 5.91 Å². The molecular weight excluding hydrogens is 228 g/mol. The van der Waals surface area contributed by atoms with Crippen LogP contribution in [-0.4, -0.2) is 37.6 Å². The van der Waals surface area contributed by atoms with Gasteiger partial charge < -0.3 is 15.4 Å². The molecule has 0 aromatic heterocycles. The monoisotopic (exact) mass is 250 g/mol. The first-order valence-corrected chi connectivity index (χ1v) is 6.37. The molecule has 0 heterocycles. The predicted molar refractivity (Wildman–Crippen MR) is 72.9 cm³/mol. The Morgan fingerprint density at radius 3 is 2.67 bits per heavy atom. The Morgan fingerprint density at radius 1 is 1.33 bits per heavy atom. The molecular formula is C14H22N2O2. The average Bonchev–Trinajstić information content (AvgIpc) is 2.42. The van der Waals surface area contributed by atoms with E-state index in [1.54, 1.807) is 19.2 Å². The van der Waals surface area contributed by atoms with Gasteiger partial charge in [-0.15, -0.1) is 0 Å².